The van der Waals surface area contributed by atoms with E-state index in [1.165, 1.54) is 12.1 Å². The molecule has 0 radical (unpaired) electrons. The van der Waals surface area contributed by atoms with Crippen LogP contribution in [0.25, 0.3) is 10.9 Å². The lowest BCUT2D eigenvalue weighted by Crippen LogP contribution is -2.13. The van der Waals surface area contributed by atoms with Crippen molar-refractivity contribution >= 4 is 22.4 Å². The molecular weight excluding hydrogens is 267 g/mol. The predicted molar refractivity (Wildman–Crippen MR) is 82.1 cm³/mol. The zero-order valence-corrected chi connectivity index (χ0v) is 11.6. The van der Waals surface area contributed by atoms with Gasteiger partial charge in [0.2, 0.25) is 0 Å². The molecule has 0 atom stereocenters. The van der Waals surface area contributed by atoms with Crippen LogP contribution in [0.4, 0.5) is 10.1 Å². The molecule has 0 aliphatic rings. The molecule has 0 aliphatic carbocycles. The van der Waals surface area contributed by atoms with Crippen molar-refractivity contribution in [2.24, 2.45) is 7.05 Å². The van der Waals surface area contributed by atoms with Crippen molar-refractivity contribution < 1.29 is 9.18 Å². The maximum atomic E-state index is 12.8. The van der Waals surface area contributed by atoms with Crippen molar-refractivity contribution in [2.45, 2.75) is 0 Å². The summed E-state index contributed by atoms with van der Waals surface area (Å²) < 4.78 is 14.8. The van der Waals surface area contributed by atoms with Crippen LogP contribution in [0.3, 0.4) is 0 Å². The van der Waals surface area contributed by atoms with E-state index in [0.717, 1.165) is 16.6 Å². The Morgan fingerprint density at radius 1 is 1.14 bits per heavy atom. The topological polar surface area (TPSA) is 34.0 Å². The van der Waals surface area contributed by atoms with Crippen molar-refractivity contribution in [3.63, 3.8) is 0 Å². The van der Waals surface area contributed by atoms with E-state index in [1.807, 2.05) is 42.1 Å². The third-order valence-electron chi connectivity index (χ3n) is 3.49. The largest absolute Gasteiger partial charge is 0.378 e. The van der Waals surface area contributed by atoms with E-state index in [1.54, 1.807) is 12.1 Å². The van der Waals surface area contributed by atoms with Crippen LogP contribution in [0.5, 0.6) is 0 Å². The molecule has 4 heteroatoms. The summed E-state index contributed by atoms with van der Waals surface area (Å²) >= 11 is 0. The van der Waals surface area contributed by atoms with Gasteiger partial charge in [-0.3, -0.25) is 4.79 Å². The minimum Gasteiger partial charge on any atom is -0.378 e. The molecule has 0 amide bonds. The lowest BCUT2D eigenvalue weighted by Gasteiger charge is -2.05. The number of fused-ring (bicyclic) bond motifs is 1. The summed E-state index contributed by atoms with van der Waals surface area (Å²) in [5.74, 6) is -0.281. The Bertz CT molecular complexity index is 790. The molecule has 3 nitrogen and oxygen atoms in total. The molecule has 0 saturated carbocycles. The summed E-state index contributed by atoms with van der Waals surface area (Å²) in [4.78, 5) is 12.4. The first-order valence-corrected chi connectivity index (χ1v) is 6.72. The Morgan fingerprint density at radius 2 is 1.86 bits per heavy atom. The van der Waals surface area contributed by atoms with Crippen LogP contribution in [-0.4, -0.2) is 16.9 Å². The second-order valence-electron chi connectivity index (χ2n) is 4.95. The first-order valence-electron chi connectivity index (χ1n) is 6.72. The number of anilines is 1. The summed E-state index contributed by atoms with van der Waals surface area (Å²) in [5.41, 5.74) is 2.45. The van der Waals surface area contributed by atoms with Gasteiger partial charge in [0.05, 0.1) is 6.54 Å². The predicted octanol–water partition coefficient (Wildman–Crippen LogP) is 3.61. The van der Waals surface area contributed by atoms with Gasteiger partial charge in [0.1, 0.15) is 5.82 Å². The number of para-hydroxylation sites is 1. The highest BCUT2D eigenvalue weighted by molar-refractivity contribution is 6.09. The summed E-state index contributed by atoms with van der Waals surface area (Å²) in [7, 11) is 1.92. The molecule has 1 N–H and O–H groups in total. The maximum absolute atomic E-state index is 12.8. The number of ketones is 1. The quantitative estimate of drug-likeness (QED) is 0.742. The molecule has 0 aliphatic heterocycles. The Labute approximate surface area is 122 Å². The zero-order chi connectivity index (χ0) is 14.8. The van der Waals surface area contributed by atoms with Crippen LogP contribution in [0.1, 0.15) is 10.4 Å². The van der Waals surface area contributed by atoms with E-state index in [4.69, 9.17) is 0 Å². The van der Waals surface area contributed by atoms with Crippen LogP contribution in [0.15, 0.2) is 54.7 Å². The Morgan fingerprint density at radius 3 is 2.62 bits per heavy atom. The number of carbonyl (C=O) groups excluding carboxylic acids is 1. The smallest absolute Gasteiger partial charge is 0.184 e. The Hall–Kier alpha value is -2.62. The second-order valence-corrected chi connectivity index (χ2v) is 4.95. The van der Waals surface area contributed by atoms with E-state index in [2.05, 4.69) is 5.32 Å². The molecular formula is C17H15FN2O. The van der Waals surface area contributed by atoms with Crippen LogP contribution >= 0.6 is 0 Å². The number of nitrogens with one attached hydrogen (secondary N) is 1. The average Bonchev–Trinajstić information content (AvgIpc) is 2.84. The standard InChI is InChI=1S/C17H15FN2O/c1-20-11-15(14-4-2-3-5-16(14)20)17(21)10-19-13-8-6-12(18)7-9-13/h2-9,11,19H,10H2,1H3. The monoisotopic (exact) mass is 282 g/mol. The van der Waals surface area contributed by atoms with Gasteiger partial charge >= 0.3 is 0 Å². The fourth-order valence-corrected chi connectivity index (χ4v) is 2.41. The number of carbonyl (C=O) groups is 1. The van der Waals surface area contributed by atoms with Crippen LogP contribution < -0.4 is 5.32 Å². The van der Waals surface area contributed by atoms with Gasteiger partial charge in [0, 0.05) is 35.4 Å². The van der Waals surface area contributed by atoms with Crippen molar-refractivity contribution in [3.05, 3.63) is 66.1 Å². The number of hydrogen-bond acceptors (Lipinski definition) is 2. The van der Waals surface area contributed by atoms with Crippen molar-refractivity contribution in [3.8, 4) is 0 Å². The first kappa shape index (κ1) is 13.4. The number of hydrogen-bond donors (Lipinski definition) is 1. The summed E-state index contributed by atoms with van der Waals surface area (Å²) in [6.45, 7) is 0.180. The highest BCUT2D eigenvalue weighted by atomic mass is 19.1. The van der Waals surface area contributed by atoms with Crippen molar-refractivity contribution in [2.75, 3.05) is 11.9 Å². The van der Waals surface area contributed by atoms with Crippen molar-refractivity contribution in [1.82, 2.24) is 4.57 Å². The molecule has 2 aromatic carbocycles. The van der Waals surface area contributed by atoms with Crippen LogP contribution in [0, 0.1) is 5.82 Å². The number of aryl methyl sites for hydroxylation is 1. The number of Topliss-reactive ketones (excluding diaryl/α,β-unsaturated/α-hetero) is 1. The lowest BCUT2D eigenvalue weighted by atomic mass is 10.1. The molecule has 0 saturated heterocycles. The lowest BCUT2D eigenvalue weighted by molar-refractivity contribution is 0.101. The minimum atomic E-state index is -0.291. The minimum absolute atomic E-state index is 0.0103. The van der Waals surface area contributed by atoms with Gasteiger partial charge in [-0.15, -0.1) is 0 Å². The third-order valence-corrected chi connectivity index (χ3v) is 3.49. The van der Waals surface area contributed by atoms with E-state index >= 15 is 0 Å². The molecule has 1 aromatic heterocycles. The van der Waals surface area contributed by atoms with Gasteiger partial charge in [-0.2, -0.15) is 0 Å². The first-order chi connectivity index (χ1) is 10.1. The second kappa shape index (κ2) is 5.40. The molecule has 0 spiro atoms. The molecule has 1 heterocycles. The van der Waals surface area contributed by atoms with Gasteiger partial charge in [-0.1, -0.05) is 18.2 Å². The summed E-state index contributed by atoms with van der Waals surface area (Å²) in [6.07, 6.45) is 1.85. The van der Waals surface area contributed by atoms with E-state index in [0.29, 0.717) is 5.56 Å². The van der Waals surface area contributed by atoms with Gasteiger partial charge in [0.15, 0.2) is 5.78 Å². The fraction of sp³-hybridized carbons (Fsp3) is 0.118. The number of halogens is 1. The molecule has 3 rings (SSSR count). The number of benzene rings is 2. The van der Waals surface area contributed by atoms with Gasteiger partial charge < -0.3 is 9.88 Å². The summed E-state index contributed by atoms with van der Waals surface area (Å²) in [5, 5.41) is 3.97. The molecule has 21 heavy (non-hydrogen) atoms. The molecule has 0 unspecified atom stereocenters. The summed E-state index contributed by atoms with van der Waals surface area (Å²) in [6, 6.07) is 13.8. The highest BCUT2D eigenvalue weighted by Gasteiger charge is 2.13. The van der Waals surface area contributed by atoms with E-state index in [-0.39, 0.29) is 18.1 Å². The average molecular weight is 282 g/mol. The number of rotatable bonds is 4. The highest BCUT2D eigenvalue weighted by Crippen LogP contribution is 2.20. The maximum Gasteiger partial charge on any atom is 0.184 e. The Kier molecular flexibility index (Phi) is 3.44. The normalized spacial score (nSPS) is 10.8. The zero-order valence-electron chi connectivity index (χ0n) is 11.6. The Balaban J connectivity index is 1.79. The van der Waals surface area contributed by atoms with Crippen LogP contribution in [-0.2, 0) is 7.05 Å². The van der Waals surface area contributed by atoms with E-state index in [9.17, 15) is 9.18 Å². The molecule has 3 aromatic rings. The van der Waals surface area contributed by atoms with Gasteiger partial charge in [0.25, 0.3) is 0 Å². The number of aromatic nitrogens is 1. The molecule has 0 bridgehead atoms. The molecule has 0 fully saturated rings. The van der Waals surface area contributed by atoms with Crippen molar-refractivity contribution in [1.29, 1.82) is 0 Å². The van der Waals surface area contributed by atoms with Gasteiger partial charge in [-0.25, -0.2) is 4.39 Å². The van der Waals surface area contributed by atoms with Gasteiger partial charge in [-0.05, 0) is 30.3 Å². The fourth-order valence-electron chi connectivity index (χ4n) is 2.41. The van der Waals surface area contributed by atoms with E-state index < -0.39 is 0 Å². The SMILES string of the molecule is Cn1cc(C(=O)CNc2ccc(F)cc2)c2ccccc21. The van der Waals surface area contributed by atoms with Crippen LogP contribution in [0.2, 0.25) is 0 Å². The number of nitrogens with zero attached hydrogens (tertiary/aromatic N) is 1. The molecule has 106 valence electrons. The third kappa shape index (κ3) is 2.65.